The minimum absolute atomic E-state index is 0.0253. The van der Waals surface area contributed by atoms with E-state index in [0.717, 1.165) is 31.5 Å². The van der Waals surface area contributed by atoms with E-state index in [0.29, 0.717) is 12.5 Å². The largest absolute Gasteiger partial charge is 0.394 e. The molecule has 124 valence electrons. The summed E-state index contributed by atoms with van der Waals surface area (Å²) in [5, 5.41) is 15.4. The zero-order valence-electron chi connectivity index (χ0n) is 13.6. The molecule has 2 aliphatic rings. The molecule has 2 amide bonds. The monoisotopic (exact) mass is 315 g/mol. The maximum absolute atomic E-state index is 12.1. The average molecular weight is 315 g/mol. The molecule has 1 aromatic rings. The third kappa shape index (κ3) is 3.85. The molecule has 0 radical (unpaired) electrons. The first kappa shape index (κ1) is 15.9. The van der Waals surface area contributed by atoms with Gasteiger partial charge >= 0.3 is 6.03 Å². The molecular weight excluding hydrogens is 290 g/mol. The lowest BCUT2D eigenvalue weighted by Crippen LogP contribution is -2.53. The van der Waals surface area contributed by atoms with Crippen molar-refractivity contribution in [3.63, 3.8) is 0 Å². The topological polar surface area (TPSA) is 64.6 Å². The third-order valence-corrected chi connectivity index (χ3v) is 4.75. The van der Waals surface area contributed by atoms with Crippen molar-refractivity contribution >= 4 is 11.7 Å². The van der Waals surface area contributed by atoms with Crippen molar-refractivity contribution < 1.29 is 9.90 Å². The molecule has 3 rings (SSSR count). The normalized spacial score (nSPS) is 19.5. The van der Waals surface area contributed by atoms with Gasteiger partial charge in [0.2, 0.25) is 0 Å². The number of benzene rings is 1. The molecule has 23 heavy (non-hydrogen) atoms. The zero-order valence-corrected chi connectivity index (χ0v) is 13.6. The molecule has 0 bridgehead atoms. The van der Waals surface area contributed by atoms with Crippen LogP contribution >= 0.6 is 0 Å². The molecule has 1 atom stereocenters. The Morgan fingerprint density at radius 3 is 2.74 bits per heavy atom. The van der Waals surface area contributed by atoms with Crippen LogP contribution in [0.5, 0.6) is 0 Å². The van der Waals surface area contributed by atoms with Crippen LogP contribution in [0.15, 0.2) is 36.4 Å². The van der Waals surface area contributed by atoms with Crippen LogP contribution in [0.4, 0.5) is 10.5 Å². The Bertz CT molecular complexity index is 590. The van der Waals surface area contributed by atoms with Crippen LogP contribution in [-0.4, -0.2) is 36.4 Å². The summed E-state index contributed by atoms with van der Waals surface area (Å²) >= 11 is 0. The van der Waals surface area contributed by atoms with E-state index in [1.54, 1.807) is 0 Å². The lowest BCUT2D eigenvalue weighted by atomic mass is 9.97. The van der Waals surface area contributed by atoms with Gasteiger partial charge in [-0.05, 0) is 43.4 Å². The van der Waals surface area contributed by atoms with E-state index in [-0.39, 0.29) is 12.6 Å². The summed E-state index contributed by atoms with van der Waals surface area (Å²) in [6.45, 7) is 4.24. The smallest absolute Gasteiger partial charge is 0.315 e. The molecule has 3 N–H and O–H groups in total. The summed E-state index contributed by atoms with van der Waals surface area (Å²) < 4.78 is 0. The predicted molar refractivity (Wildman–Crippen MR) is 91.4 cm³/mol. The van der Waals surface area contributed by atoms with E-state index in [9.17, 15) is 9.90 Å². The predicted octanol–water partition coefficient (Wildman–Crippen LogP) is 2.02. The molecule has 1 aliphatic heterocycles. The van der Waals surface area contributed by atoms with Crippen LogP contribution in [0.1, 0.15) is 25.3 Å². The highest BCUT2D eigenvalue weighted by Gasteiger charge is 2.42. The number of anilines is 1. The van der Waals surface area contributed by atoms with Crippen LogP contribution in [0, 0.1) is 5.92 Å². The highest BCUT2D eigenvalue weighted by atomic mass is 16.3. The number of carbonyl (C=O) groups is 1. The maximum Gasteiger partial charge on any atom is 0.315 e. The Hall–Kier alpha value is -2.01. The number of carbonyl (C=O) groups excluding carboxylic acids is 1. The van der Waals surface area contributed by atoms with Crippen molar-refractivity contribution in [2.24, 2.45) is 5.92 Å². The fraction of sp³-hybridized carbons (Fsp3) is 0.500. The first-order chi connectivity index (χ1) is 11.1. The van der Waals surface area contributed by atoms with E-state index in [2.05, 4.69) is 39.8 Å². The van der Waals surface area contributed by atoms with Crippen molar-refractivity contribution in [1.29, 1.82) is 0 Å². The highest BCUT2D eigenvalue weighted by Crippen LogP contribution is 2.39. The number of nitrogens with one attached hydrogen (secondary N) is 2. The molecule has 0 aromatic heterocycles. The lowest BCUT2D eigenvalue weighted by molar-refractivity contribution is 0.155. The van der Waals surface area contributed by atoms with E-state index in [1.165, 1.54) is 5.69 Å². The number of hydrogen-bond acceptors (Lipinski definition) is 3. The maximum atomic E-state index is 12.1. The van der Waals surface area contributed by atoms with Crippen molar-refractivity contribution in [2.75, 3.05) is 24.6 Å². The van der Waals surface area contributed by atoms with Gasteiger partial charge in [-0.1, -0.05) is 24.3 Å². The second kappa shape index (κ2) is 6.62. The van der Waals surface area contributed by atoms with Gasteiger partial charge in [-0.2, -0.15) is 0 Å². The summed E-state index contributed by atoms with van der Waals surface area (Å²) in [4.78, 5) is 14.4. The van der Waals surface area contributed by atoms with Crippen molar-refractivity contribution in [1.82, 2.24) is 10.6 Å². The summed E-state index contributed by atoms with van der Waals surface area (Å²) in [7, 11) is 0. The molecule has 5 nitrogen and oxygen atoms in total. The van der Waals surface area contributed by atoms with Crippen LogP contribution in [0.3, 0.4) is 0 Å². The standard InChI is InChI=1S/C18H25N3O2/c1-18(13-22,15-7-8-15)20-17(23)19-12-14-5-4-6-16(11-14)21-9-2-3-10-21/h2-6,11,15,22H,7-10,12-13H2,1H3,(H2,19,20,23). The first-order valence-electron chi connectivity index (χ1n) is 8.26. The van der Waals surface area contributed by atoms with E-state index < -0.39 is 5.54 Å². The van der Waals surface area contributed by atoms with Gasteiger partial charge in [0.1, 0.15) is 0 Å². The number of aliphatic hydroxyl groups is 1. The Labute approximate surface area is 137 Å². The Kier molecular flexibility index (Phi) is 4.57. The summed E-state index contributed by atoms with van der Waals surface area (Å²) in [5.74, 6) is 0.393. The summed E-state index contributed by atoms with van der Waals surface area (Å²) in [6.07, 6.45) is 6.46. The van der Waals surface area contributed by atoms with Gasteiger partial charge < -0.3 is 20.6 Å². The van der Waals surface area contributed by atoms with Crippen LogP contribution in [0.25, 0.3) is 0 Å². The van der Waals surface area contributed by atoms with E-state index in [4.69, 9.17) is 0 Å². The van der Waals surface area contributed by atoms with Crippen molar-refractivity contribution in [3.05, 3.63) is 42.0 Å². The van der Waals surface area contributed by atoms with Gasteiger partial charge in [-0.3, -0.25) is 0 Å². The number of aliphatic hydroxyl groups excluding tert-OH is 1. The molecular formula is C18H25N3O2. The Balaban J connectivity index is 1.53. The number of rotatable bonds is 6. The van der Waals surface area contributed by atoms with Gasteiger partial charge in [0.05, 0.1) is 12.1 Å². The summed E-state index contributed by atoms with van der Waals surface area (Å²) in [6, 6.07) is 8.01. The van der Waals surface area contributed by atoms with Gasteiger partial charge in [-0.15, -0.1) is 0 Å². The van der Waals surface area contributed by atoms with E-state index >= 15 is 0 Å². The molecule has 1 aliphatic carbocycles. The first-order valence-corrected chi connectivity index (χ1v) is 8.26. The van der Waals surface area contributed by atoms with Crippen molar-refractivity contribution in [2.45, 2.75) is 31.8 Å². The minimum atomic E-state index is -0.507. The molecule has 1 aromatic carbocycles. The number of urea groups is 1. The molecule has 1 saturated carbocycles. The molecule has 1 fully saturated rings. The second-order valence-electron chi connectivity index (χ2n) is 6.70. The van der Waals surface area contributed by atoms with Crippen LogP contribution in [-0.2, 0) is 6.54 Å². The van der Waals surface area contributed by atoms with E-state index in [1.807, 2.05) is 19.1 Å². The van der Waals surface area contributed by atoms with Gasteiger partial charge in [-0.25, -0.2) is 4.79 Å². The van der Waals surface area contributed by atoms with Crippen LogP contribution < -0.4 is 15.5 Å². The minimum Gasteiger partial charge on any atom is -0.394 e. The molecule has 5 heteroatoms. The van der Waals surface area contributed by atoms with Gasteiger partial charge in [0, 0.05) is 25.3 Å². The SMILES string of the molecule is CC(CO)(NC(=O)NCc1cccc(N2CC=CC2)c1)C1CC1. The molecule has 0 saturated heterocycles. The fourth-order valence-corrected chi connectivity index (χ4v) is 3.03. The fourth-order valence-electron chi connectivity index (χ4n) is 3.03. The Morgan fingerprint density at radius 1 is 1.35 bits per heavy atom. The van der Waals surface area contributed by atoms with Gasteiger partial charge in [0.25, 0.3) is 0 Å². The van der Waals surface area contributed by atoms with Crippen molar-refractivity contribution in [3.8, 4) is 0 Å². The quantitative estimate of drug-likeness (QED) is 0.704. The number of hydrogen-bond donors (Lipinski definition) is 3. The average Bonchev–Trinajstić information content (AvgIpc) is 3.29. The molecule has 1 unspecified atom stereocenters. The summed E-state index contributed by atoms with van der Waals surface area (Å²) in [5.41, 5.74) is 1.74. The Morgan fingerprint density at radius 2 is 2.09 bits per heavy atom. The zero-order chi connectivity index (χ0) is 16.3. The van der Waals surface area contributed by atoms with Gasteiger partial charge in [0.15, 0.2) is 0 Å². The second-order valence-corrected chi connectivity index (χ2v) is 6.70. The molecule has 1 heterocycles. The van der Waals surface area contributed by atoms with Crippen LogP contribution in [0.2, 0.25) is 0 Å². The number of nitrogens with zero attached hydrogens (tertiary/aromatic N) is 1. The third-order valence-electron chi connectivity index (χ3n) is 4.75. The number of amides is 2. The highest BCUT2D eigenvalue weighted by molar-refractivity contribution is 5.75. The molecule has 0 spiro atoms. The lowest BCUT2D eigenvalue weighted by Gasteiger charge is -2.28.